The molecule has 1 heterocycles. The first-order valence-electron chi connectivity index (χ1n) is 6.54. The fraction of sp³-hybridized carbons (Fsp3) is 0.500. The van der Waals surface area contributed by atoms with Gasteiger partial charge in [0.25, 0.3) is 0 Å². The molecular formula is C14H18ClNO4. The van der Waals surface area contributed by atoms with Crippen molar-refractivity contribution in [2.24, 2.45) is 0 Å². The van der Waals surface area contributed by atoms with Crippen molar-refractivity contribution < 1.29 is 19.4 Å². The summed E-state index contributed by atoms with van der Waals surface area (Å²) >= 11 is 6.17. The van der Waals surface area contributed by atoms with Crippen molar-refractivity contribution >= 4 is 17.6 Å². The summed E-state index contributed by atoms with van der Waals surface area (Å²) in [5, 5.41) is 9.65. The Labute approximate surface area is 123 Å². The summed E-state index contributed by atoms with van der Waals surface area (Å²) in [5.41, 5.74) is 0.904. The van der Waals surface area contributed by atoms with Crippen LogP contribution in [0.5, 0.6) is 11.5 Å². The minimum absolute atomic E-state index is 0.487. The summed E-state index contributed by atoms with van der Waals surface area (Å²) in [6, 6.07) is 3.13. The van der Waals surface area contributed by atoms with Crippen LogP contribution in [-0.4, -0.2) is 42.3 Å². The fourth-order valence-corrected chi connectivity index (χ4v) is 2.62. The molecule has 1 unspecified atom stereocenters. The Balaban J connectivity index is 2.17. The van der Waals surface area contributed by atoms with Gasteiger partial charge in [0.15, 0.2) is 11.5 Å². The maximum atomic E-state index is 11.1. The molecule has 2 rings (SSSR count). The monoisotopic (exact) mass is 299 g/mol. The molecule has 1 aromatic carbocycles. The van der Waals surface area contributed by atoms with Gasteiger partial charge in [-0.1, -0.05) is 18.5 Å². The lowest BCUT2D eigenvalue weighted by molar-refractivity contribution is -0.143. The zero-order valence-electron chi connectivity index (χ0n) is 11.6. The van der Waals surface area contributed by atoms with E-state index in [0.29, 0.717) is 42.7 Å². The maximum absolute atomic E-state index is 11.1. The smallest absolute Gasteiger partial charge is 0.320 e. The Bertz CT molecular complexity index is 506. The number of halogens is 1. The first-order valence-corrected chi connectivity index (χ1v) is 6.91. The number of hydrogen-bond acceptors (Lipinski definition) is 4. The number of rotatable bonds is 5. The number of carbonyl (C=O) groups is 1. The summed E-state index contributed by atoms with van der Waals surface area (Å²) in [6.45, 7) is 3.32. The third-order valence-electron chi connectivity index (χ3n) is 3.29. The van der Waals surface area contributed by atoms with Crippen LogP contribution in [-0.2, 0) is 11.3 Å². The Morgan fingerprint density at radius 2 is 2.15 bits per heavy atom. The van der Waals surface area contributed by atoms with Crippen LogP contribution in [0.1, 0.15) is 18.9 Å². The molecule has 0 radical (unpaired) electrons. The van der Waals surface area contributed by atoms with Gasteiger partial charge in [-0.3, -0.25) is 9.69 Å². The van der Waals surface area contributed by atoms with Crippen LogP contribution in [0.2, 0.25) is 5.02 Å². The van der Waals surface area contributed by atoms with E-state index in [1.807, 2.05) is 13.0 Å². The van der Waals surface area contributed by atoms with Crippen LogP contribution in [0.25, 0.3) is 0 Å². The largest absolute Gasteiger partial charge is 0.486 e. The van der Waals surface area contributed by atoms with Crippen LogP contribution in [0.3, 0.4) is 0 Å². The van der Waals surface area contributed by atoms with Crippen LogP contribution < -0.4 is 9.47 Å². The van der Waals surface area contributed by atoms with E-state index in [1.165, 1.54) is 0 Å². The molecule has 0 fully saturated rings. The van der Waals surface area contributed by atoms with E-state index >= 15 is 0 Å². The number of nitrogens with zero attached hydrogens (tertiary/aromatic N) is 1. The van der Waals surface area contributed by atoms with Crippen molar-refractivity contribution in [1.29, 1.82) is 0 Å². The lowest BCUT2D eigenvalue weighted by atomic mass is 10.1. The Morgan fingerprint density at radius 3 is 2.80 bits per heavy atom. The number of carboxylic acids is 1. The maximum Gasteiger partial charge on any atom is 0.320 e. The van der Waals surface area contributed by atoms with Gasteiger partial charge in [0, 0.05) is 6.54 Å². The van der Waals surface area contributed by atoms with Crippen molar-refractivity contribution in [2.75, 3.05) is 20.3 Å². The molecule has 0 aliphatic carbocycles. The van der Waals surface area contributed by atoms with E-state index in [-0.39, 0.29) is 0 Å². The SMILES string of the molecule is CCC(C(=O)O)N(C)Cc1cc(Cl)c2c(c1)OCCO2. The van der Waals surface area contributed by atoms with Crippen molar-refractivity contribution in [2.45, 2.75) is 25.9 Å². The lowest BCUT2D eigenvalue weighted by Gasteiger charge is -2.25. The van der Waals surface area contributed by atoms with Gasteiger partial charge in [-0.2, -0.15) is 0 Å². The average Bonchev–Trinajstić information content (AvgIpc) is 2.39. The van der Waals surface area contributed by atoms with Crippen molar-refractivity contribution in [3.63, 3.8) is 0 Å². The highest BCUT2D eigenvalue weighted by Crippen LogP contribution is 2.38. The topological polar surface area (TPSA) is 59.0 Å². The third-order valence-corrected chi connectivity index (χ3v) is 3.57. The van der Waals surface area contributed by atoms with E-state index in [1.54, 1.807) is 18.0 Å². The third kappa shape index (κ3) is 3.16. The predicted molar refractivity (Wildman–Crippen MR) is 75.6 cm³/mol. The number of fused-ring (bicyclic) bond motifs is 1. The molecule has 1 atom stereocenters. The van der Waals surface area contributed by atoms with Crippen LogP contribution >= 0.6 is 11.6 Å². The van der Waals surface area contributed by atoms with E-state index in [0.717, 1.165) is 5.56 Å². The van der Waals surface area contributed by atoms with Crippen molar-refractivity contribution in [3.8, 4) is 11.5 Å². The summed E-state index contributed by atoms with van der Waals surface area (Å²) in [6.07, 6.45) is 0.546. The summed E-state index contributed by atoms with van der Waals surface area (Å²) in [4.78, 5) is 12.9. The molecular weight excluding hydrogens is 282 g/mol. The minimum Gasteiger partial charge on any atom is -0.486 e. The van der Waals surface area contributed by atoms with Gasteiger partial charge < -0.3 is 14.6 Å². The second-order valence-corrected chi connectivity index (χ2v) is 5.19. The summed E-state index contributed by atoms with van der Waals surface area (Å²) in [5.74, 6) is 0.365. The van der Waals surface area contributed by atoms with Gasteiger partial charge in [-0.15, -0.1) is 0 Å². The molecule has 0 spiro atoms. The first kappa shape index (κ1) is 14.9. The molecule has 0 aromatic heterocycles. The molecule has 1 aromatic rings. The molecule has 6 heteroatoms. The second-order valence-electron chi connectivity index (χ2n) is 4.78. The van der Waals surface area contributed by atoms with Gasteiger partial charge in [-0.25, -0.2) is 0 Å². The predicted octanol–water partition coefficient (Wildman–Crippen LogP) is 2.41. The summed E-state index contributed by atoms with van der Waals surface area (Å²) < 4.78 is 11.0. The van der Waals surface area contributed by atoms with Gasteiger partial charge in [0.05, 0.1) is 5.02 Å². The van der Waals surface area contributed by atoms with Crippen LogP contribution in [0, 0.1) is 0 Å². The fourth-order valence-electron chi connectivity index (χ4n) is 2.33. The number of likely N-dealkylation sites (N-methyl/N-ethyl adjacent to an activating group) is 1. The highest BCUT2D eigenvalue weighted by atomic mass is 35.5. The quantitative estimate of drug-likeness (QED) is 0.905. The Kier molecular flexibility index (Phi) is 4.73. The van der Waals surface area contributed by atoms with E-state index in [9.17, 15) is 4.79 Å². The molecule has 1 aliphatic rings. The number of aliphatic carboxylic acids is 1. The zero-order chi connectivity index (χ0) is 14.7. The first-order chi connectivity index (χ1) is 9.52. The molecule has 0 bridgehead atoms. The standard InChI is InChI=1S/C14H18ClNO4/c1-3-11(14(17)18)16(2)8-9-6-10(15)13-12(7-9)19-4-5-20-13/h6-7,11H,3-5,8H2,1-2H3,(H,17,18). The zero-order valence-corrected chi connectivity index (χ0v) is 12.3. The molecule has 5 nitrogen and oxygen atoms in total. The molecule has 1 aliphatic heterocycles. The summed E-state index contributed by atoms with van der Waals surface area (Å²) in [7, 11) is 1.78. The van der Waals surface area contributed by atoms with Crippen LogP contribution in [0.15, 0.2) is 12.1 Å². The minimum atomic E-state index is -0.821. The van der Waals surface area contributed by atoms with Crippen molar-refractivity contribution in [1.82, 2.24) is 4.90 Å². The highest BCUT2D eigenvalue weighted by molar-refractivity contribution is 6.32. The Morgan fingerprint density at radius 1 is 1.45 bits per heavy atom. The highest BCUT2D eigenvalue weighted by Gasteiger charge is 2.22. The normalized spacial score (nSPS) is 15.2. The van der Waals surface area contributed by atoms with E-state index in [2.05, 4.69) is 0 Å². The molecule has 0 saturated heterocycles. The number of hydrogen-bond donors (Lipinski definition) is 1. The molecule has 0 amide bonds. The van der Waals surface area contributed by atoms with Gasteiger partial charge in [-0.05, 0) is 31.2 Å². The lowest BCUT2D eigenvalue weighted by Crippen LogP contribution is -2.37. The van der Waals surface area contributed by atoms with E-state index < -0.39 is 12.0 Å². The van der Waals surface area contributed by atoms with Gasteiger partial charge >= 0.3 is 5.97 Å². The molecule has 0 saturated carbocycles. The van der Waals surface area contributed by atoms with Crippen LogP contribution in [0.4, 0.5) is 0 Å². The molecule has 1 N–H and O–H groups in total. The molecule has 110 valence electrons. The Hall–Kier alpha value is -1.46. The number of ether oxygens (including phenoxy) is 2. The number of benzene rings is 1. The van der Waals surface area contributed by atoms with Gasteiger partial charge in [0.2, 0.25) is 0 Å². The average molecular weight is 300 g/mol. The molecule has 20 heavy (non-hydrogen) atoms. The van der Waals surface area contributed by atoms with Crippen molar-refractivity contribution in [3.05, 3.63) is 22.7 Å². The van der Waals surface area contributed by atoms with E-state index in [4.69, 9.17) is 26.2 Å². The second kappa shape index (κ2) is 6.33. The van der Waals surface area contributed by atoms with Gasteiger partial charge in [0.1, 0.15) is 19.3 Å². The number of carboxylic acid groups (broad SMARTS) is 1.